The van der Waals surface area contributed by atoms with E-state index in [2.05, 4.69) is 141 Å². The maximum atomic E-state index is 12.6. The Morgan fingerprint density at radius 3 is 1.30 bits per heavy atom. The highest BCUT2D eigenvalue weighted by molar-refractivity contribution is 7.47. The molecule has 0 aromatic carbocycles. The van der Waals surface area contributed by atoms with Crippen molar-refractivity contribution in [1.29, 1.82) is 0 Å². The highest BCUT2D eigenvalue weighted by Crippen LogP contribution is 2.43. The molecule has 0 heterocycles. The van der Waals surface area contributed by atoms with Crippen LogP contribution in [0.25, 0.3) is 0 Å². The Hall–Kier alpha value is -3.85. The van der Waals surface area contributed by atoms with E-state index in [1.54, 1.807) is 0 Å². The van der Waals surface area contributed by atoms with Gasteiger partial charge in [0, 0.05) is 19.4 Å². The molecule has 0 radical (unpaired) electrons. The third kappa shape index (κ3) is 45.5. The van der Waals surface area contributed by atoms with Crippen LogP contribution in [0.4, 0.5) is 0 Å². The minimum absolute atomic E-state index is 0.0327. The van der Waals surface area contributed by atoms with Crippen LogP contribution in [0, 0.1) is 0 Å². The van der Waals surface area contributed by atoms with Gasteiger partial charge in [0.15, 0.2) is 6.10 Å². The fourth-order valence-electron chi connectivity index (χ4n) is 5.26. The van der Waals surface area contributed by atoms with E-state index in [4.69, 9.17) is 24.3 Å². The van der Waals surface area contributed by atoms with Gasteiger partial charge in [-0.3, -0.25) is 18.6 Å². The van der Waals surface area contributed by atoms with Crippen molar-refractivity contribution in [3.05, 3.63) is 134 Å². The Labute approximate surface area is 370 Å². The number of nitrogens with two attached hydrogens (primary N) is 1. The lowest BCUT2D eigenvalue weighted by Crippen LogP contribution is -2.29. The van der Waals surface area contributed by atoms with Crippen molar-refractivity contribution in [2.45, 2.75) is 148 Å². The van der Waals surface area contributed by atoms with Crippen LogP contribution in [0.15, 0.2) is 134 Å². The van der Waals surface area contributed by atoms with Gasteiger partial charge in [0.05, 0.1) is 13.2 Å². The van der Waals surface area contributed by atoms with Crippen molar-refractivity contribution in [2.75, 3.05) is 26.4 Å². The number of carbonyl (C=O) groups is 2. The molecule has 0 fully saturated rings. The number of unbranched alkanes of at least 4 members (excludes halogenated alkanes) is 5. The molecular weight excluding hydrogens is 786 g/mol. The first-order valence-electron chi connectivity index (χ1n) is 22.7. The minimum Gasteiger partial charge on any atom is -0.462 e. The zero-order valence-corrected chi connectivity index (χ0v) is 38.5. The fraction of sp³-hybridized carbons (Fsp3) is 0.529. The molecule has 3 N–H and O–H groups in total. The Morgan fingerprint density at radius 1 is 0.492 bits per heavy atom. The summed E-state index contributed by atoms with van der Waals surface area (Å²) in [5.74, 6) is -0.942. The molecule has 9 nitrogen and oxygen atoms in total. The second kappa shape index (κ2) is 45.7. The molecule has 342 valence electrons. The van der Waals surface area contributed by atoms with E-state index in [0.29, 0.717) is 12.8 Å². The molecule has 0 aliphatic heterocycles. The molecule has 0 amide bonds. The van der Waals surface area contributed by atoms with Gasteiger partial charge in [-0.05, 0) is 103 Å². The Balaban J connectivity index is 4.31. The zero-order chi connectivity index (χ0) is 44.6. The van der Waals surface area contributed by atoms with Crippen LogP contribution in [0.2, 0.25) is 0 Å². The number of phosphoric acid groups is 1. The van der Waals surface area contributed by atoms with E-state index in [0.717, 1.165) is 103 Å². The third-order valence-electron chi connectivity index (χ3n) is 8.53. The standard InChI is InChI=1S/C51H80NO8P/c1-3-5-7-9-11-13-15-17-19-21-22-23-24-25-26-28-30-32-34-36-38-40-42-44-51(54)60-49(48-59-61(55,56)58-46-45-52)47-57-50(53)43-41-39-37-35-33-31-29-27-20-18-16-14-12-10-8-6-4-2/h5-8,11-14,17-20,22-23,25-26,29-32,35,37,49H,3-4,9-10,15-16,21,24,27-28,33-34,36,38-48,52H2,1-2H3,(H,55,56)/b7-5-,8-6-,13-11-,14-12-,19-17-,20-18-,23-22-,26-25-,31-29-,32-30-,37-35-. The zero-order valence-electron chi connectivity index (χ0n) is 37.6. The van der Waals surface area contributed by atoms with Crippen molar-refractivity contribution < 1.29 is 37.6 Å². The lowest BCUT2D eigenvalue weighted by atomic mass is 10.1. The summed E-state index contributed by atoms with van der Waals surface area (Å²) in [5.41, 5.74) is 5.35. The van der Waals surface area contributed by atoms with Crippen LogP contribution in [-0.2, 0) is 32.7 Å². The molecule has 0 spiro atoms. The van der Waals surface area contributed by atoms with Crippen molar-refractivity contribution in [2.24, 2.45) is 5.73 Å². The molecule has 10 heteroatoms. The van der Waals surface area contributed by atoms with E-state index >= 15 is 0 Å². The van der Waals surface area contributed by atoms with E-state index < -0.39 is 32.5 Å². The molecule has 0 aromatic rings. The maximum absolute atomic E-state index is 12.6. The first-order valence-corrected chi connectivity index (χ1v) is 24.2. The molecule has 0 aromatic heterocycles. The number of rotatable bonds is 40. The van der Waals surface area contributed by atoms with E-state index in [-0.39, 0.29) is 32.6 Å². The number of hydrogen-bond acceptors (Lipinski definition) is 8. The summed E-state index contributed by atoms with van der Waals surface area (Å²) in [6.45, 7) is 3.37. The summed E-state index contributed by atoms with van der Waals surface area (Å²) < 4.78 is 32.7. The van der Waals surface area contributed by atoms with Crippen LogP contribution >= 0.6 is 7.82 Å². The molecule has 2 unspecified atom stereocenters. The summed E-state index contributed by atoms with van der Waals surface area (Å²) in [6, 6.07) is 0. The van der Waals surface area contributed by atoms with E-state index in [9.17, 15) is 19.0 Å². The molecule has 0 saturated carbocycles. The van der Waals surface area contributed by atoms with Gasteiger partial charge in [-0.2, -0.15) is 0 Å². The Morgan fingerprint density at radius 2 is 0.869 bits per heavy atom. The molecule has 0 aliphatic carbocycles. The second-order valence-corrected chi connectivity index (χ2v) is 15.6. The van der Waals surface area contributed by atoms with Gasteiger partial charge in [-0.15, -0.1) is 0 Å². The number of hydrogen-bond donors (Lipinski definition) is 2. The summed E-state index contributed by atoms with van der Waals surface area (Å²) >= 11 is 0. The largest absolute Gasteiger partial charge is 0.472 e. The van der Waals surface area contributed by atoms with Gasteiger partial charge in [-0.25, -0.2) is 4.57 Å². The summed E-state index contributed by atoms with van der Waals surface area (Å²) in [4.78, 5) is 34.9. The van der Waals surface area contributed by atoms with Gasteiger partial charge < -0.3 is 20.1 Å². The lowest BCUT2D eigenvalue weighted by molar-refractivity contribution is -0.161. The van der Waals surface area contributed by atoms with Crippen LogP contribution in [0.3, 0.4) is 0 Å². The first-order chi connectivity index (χ1) is 29.8. The number of esters is 2. The number of carbonyl (C=O) groups excluding carboxylic acids is 2. The van der Waals surface area contributed by atoms with Crippen LogP contribution in [-0.4, -0.2) is 49.3 Å². The third-order valence-corrected chi connectivity index (χ3v) is 9.52. The highest BCUT2D eigenvalue weighted by atomic mass is 31.2. The molecule has 0 rings (SSSR count). The SMILES string of the molecule is CC/C=C\C/C=C\C/C=C\C/C=C\C/C=C\C/C=C\CCCCCCC(=O)OC(COC(=O)CCC/C=C\C/C=C\C/C=C\C/C=C\C/C=C\CC)COP(=O)(O)OCCN. The van der Waals surface area contributed by atoms with Gasteiger partial charge >= 0.3 is 19.8 Å². The monoisotopic (exact) mass is 866 g/mol. The predicted octanol–water partition coefficient (Wildman–Crippen LogP) is 13.5. The summed E-state index contributed by atoms with van der Waals surface area (Å²) in [7, 11) is -4.41. The van der Waals surface area contributed by atoms with Crippen LogP contribution in [0.1, 0.15) is 142 Å². The smallest absolute Gasteiger partial charge is 0.462 e. The molecule has 0 saturated heterocycles. The van der Waals surface area contributed by atoms with Crippen molar-refractivity contribution >= 4 is 19.8 Å². The quantitative estimate of drug-likeness (QED) is 0.0267. The molecule has 0 bridgehead atoms. The van der Waals surface area contributed by atoms with Gasteiger partial charge in [-0.1, -0.05) is 160 Å². The van der Waals surface area contributed by atoms with Gasteiger partial charge in [0.1, 0.15) is 6.61 Å². The average Bonchev–Trinajstić information content (AvgIpc) is 3.25. The van der Waals surface area contributed by atoms with Gasteiger partial charge in [0.2, 0.25) is 0 Å². The summed E-state index contributed by atoms with van der Waals surface area (Å²) in [5, 5.41) is 0. The fourth-order valence-corrected chi connectivity index (χ4v) is 6.02. The maximum Gasteiger partial charge on any atom is 0.472 e. The minimum atomic E-state index is -4.41. The van der Waals surface area contributed by atoms with Crippen molar-refractivity contribution in [3.63, 3.8) is 0 Å². The molecule has 61 heavy (non-hydrogen) atoms. The number of phosphoric ester groups is 1. The first kappa shape index (κ1) is 57.1. The second-order valence-electron chi connectivity index (χ2n) is 14.1. The normalized spacial score (nSPS) is 14.5. The Bertz CT molecular complexity index is 1450. The summed E-state index contributed by atoms with van der Waals surface area (Å²) in [6.07, 6.45) is 63.5. The molecular formula is C51H80NO8P. The van der Waals surface area contributed by atoms with Crippen LogP contribution < -0.4 is 5.73 Å². The van der Waals surface area contributed by atoms with Crippen molar-refractivity contribution in [1.82, 2.24) is 0 Å². The van der Waals surface area contributed by atoms with Gasteiger partial charge in [0.25, 0.3) is 0 Å². The average molecular weight is 866 g/mol. The van der Waals surface area contributed by atoms with E-state index in [1.807, 2.05) is 6.08 Å². The number of ether oxygens (including phenoxy) is 2. The van der Waals surface area contributed by atoms with Crippen LogP contribution in [0.5, 0.6) is 0 Å². The molecule has 0 aliphatic rings. The van der Waals surface area contributed by atoms with E-state index in [1.165, 1.54) is 0 Å². The predicted molar refractivity (Wildman–Crippen MR) is 256 cm³/mol. The lowest BCUT2D eigenvalue weighted by Gasteiger charge is -2.19. The topological polar surface area (TPSA) is 134 Å². The number of allylic oxidation sites excluding steroid dienone is 22. The van der Waals surface area contributed by atoms with Crippen molar-refractivity contribution in [3.8, 4) is 0 Å². The molecule has 2 atom stereocenters. The Kier molecular flexibility index (Phi) is 42.8. The highest BCUT2D eigenvalue weighted by Gasteiger charge is 2.25.